The highest BCUT2D eigenvalue weighted by Gasteiger charge is 2.31. The Morgan fingerprint density at radius 1 is 0.889 bits per heavy atom. The second-order valence-corrected chi connectivity index (χ2v) is 10.8. The number of sulfone groups is 2. The van der Waals surface area contributed by atoms with Crippen LogP contribution in [0.4, 0.5) is 5.00 Å². The Balaban J connectivity index is 2.16. The first-order chi connectivity index (χ1) is 12.8. The van der Waals surface area contributed by atoms with E-state index in [-0.39, 0.29) is 24.2 Å². The number of anilines is 1. The van der Waals surface area contributed by atoms with E-state index in [1.54, 1.807) is 37.3 Å². The highest BCUT2D eigenvalue weighted by atomic mass is 32.2. The quantitative estimate of drug-likeness (QED) is 0.653. The van der Waals surface area contributed by atoms with Crippen molar-refractivity contribution in [1.29, 1.82) is 0 Å². The molecule has 0 unspecified atom stereocenters. The Morgan fingerprint density at radius 3 is 2.07 bits per heavy atom. The van der Waals surface area contributed by atoms with Crippen molar-refractivity contribution in [3.63, 3.8) is 0 Å². The van der Waals surface area contributed by atoms with Gasteiger partial charge in [0.15, 0.2) is 5.03 Å². The molecular weight excluding hydrogens is 404 g/mol. The molecule has 0 aliphatic carbocycles. The van der Waals surface area contributed by atoms with Gasteiger partial charge in [0.25, 0.3) is 0 Å². The maximum Gasteiger partial charge on any atom is 0.233 e. The van der Waals surface area contributed by atoms with Crippen LogP contribution in [0.25, 0.3) is 0 Å². The molecule has 0 spiro atoms. The van der Waals surface area contributed by atoms with Crippen molar-refractivity contribution >= 4 is 36.0 Å². The lowest BCUT2D eigenvalue weighted by Gasteiger charge is -2.05. The van der Waals surface area contributed by atoms with Gasteiger partial charge in [0, 0.05) is 6.54 Å². The first-order valence-electron chi connectivity index (χ1n) is 8.13. The zero-order valence-electron chi connectivity index (χ0n) is 14.7. The van der Waals surface area contributed by atoms with E-state index in [1.807, 2.05) is 6.92 Å². The summed E-state index contributed by atoms with van der Waals surface area (Å²) >= 11 is 0.821. The molecule has 0 aliphatic rings. The Morgan fingerprint density at radius 2 is 1.48 bits per heavy atom. The summed E-state index contributed by atoms with van der Waals surface area (Å²) in [5, 5.41) is 2.86. The van der Waals surface area contributed by atoms with Gasteiger partial charge in [0.1, 0.15) is 5.00 Å². The minimum Gasteiger partial charge on any atom is -0.375 e. The van der Waals surface area contributed by atoms with Gasteiger partial charge in [0.2, 0.25) is 24.0 Å². The van der Waals surface area contributed by atoms with Gasteiger partial charge in [-0.05, 0) is 38.1 Å². The van der Waals surface area contributed by atoms with Crippen LogP contribution in [-0.4, -0.2) is 28.4 Å². The first kappa shape index (κ1) is 19.5. The van der Waals surface area contributed by atoms with E-state index in [4.69, 9.17) is 0 Å². The number of nitrogens with zero attached hydrogens (tertiary/aromatic N) is 1. The van der Waals surface area contributed by atoms with Crippen molar-refractivity contribution in [3.05, 3.63) is 60.2 Å². The number of benzene rings is 2. The molecule has 9 heteroatoms. The molecule has 0 fully saturated rings. The third-order valence-corrected chi connectivity index (χ3v) is 8.77. The molecule has 0 saturated carbocycles. The Kier molecular flexibility index (Phi) is 5.36. The maximum absolute atomic E-state index is 13.0. The molecule has 3 aromatic rings. The van der Waals surface area contributed by atoms with Gasteiger partial charge >= 0.3 is 0 Å². The Labute approximate surface area is 162 Å². The minimum absolute atomic E-state index is 0.0704. The predicted octanol–water partition coefficient (Wildman–Crippen LogP) is 3.55. The average Bonchev–Trinajstić information content (AvgIpc) is 3.09. The molecule has 0 saturated heterocycles. The van der Waals surface area contributed by atoms with Gasteiger partial charge in [-0.2, -0.15) is 0 Å². The smallest absolute Gasteiger partial charge is 0.233 e. The summed E-state index contributed by atoms with van der Waals surface area (Å²) in [4.78, 5) is 4.17. The van der Waals surface area contributed by atoms with Crippen LogP contribution >= 0.6 is 11.3 Å². The van der Waals surface area contributed by atoms with Gasteiger partial charge in [-0.25, -0.2) is 21.8 Å². The standard InChI is InChI=1S/C18H18N2O4S3/c1-3-19-16-17(26(21,22)15-11-9-13(2)10-12-15)20-18(25-16)27(23,24)14-7-5-4-6-8-14/h4-12,19H,3H2,1-2H3. The number of aryl methyl sites for hydroxylation is 1. The van der Waals surface area contributed by atoms with Gasteiger partial charge in [0.05, 0.1) is 9.79 Å². The minimum atomic E-state index is -3.96. The average molecular weight is 423 g/mol. The van der Waals surface area contributed by atoms with E-state index in [2.05, 4.69) is 10.3 Å². The summed E-state index contributed by atoms with van der Waals surface area (Å²) in [6.45, 7) is 4.09. The zero-order valence-corrected chi connectivity index (χ0v) is 17.2. The molecule has 27 heavy (non-hydrogen) atoms. The second-order valence-electron chi connectivity index (χ2n) is 5.78. The lowest BCUT2D eigenvalue weighted by Crippen LogP contribution is -2.07. The molecule has 6 nitrogen and oxygen atoms in total. The molecule has 0 amide bonds. The number of rotatable bonds is 6. The van der Waals surface area contributed by atoms with Crippen LogP contribution < -0.4 is 5.32 Å². The summed E-state index contributed by atoms with van der Waals surface area (Å²) in [5.41, 5.74) is 0.923. The monoisotopic (exact) mass is 422 g/mol. The van der Waals surface area contributed by atoms with Crippen molar-refractivity contribution in [2.75, 3.05) is 11.9 Å². The van der Waals surface area contributed by atoms with Crippen LogP contribution in [0.3, 0.4) is 0 Å². The van der Waals surface area contributed by atoms with Crippen molar-refractivity contribution < 1.29 is 16.8 Å². The molecule has 0 radical (unpaired) electrons. The molecule has 0 bridgehead atoms. The number of thiazole rings is 1. The molecule has 0 atom stereocenters. The van der Waals surface area contributed by atoms with Crippen LogP contribution in [-0.2, 0) is 19.7 Å². The summed E-state index contributed by atoms with van der Waals surface area (Å²) in [6.07, 6.45) is 0. The van der Waals surface area contributed by atoms with E-state index in [0.29, 0.717) is 6.54 Å². The lowest BCUT2D eigenvalue weighted by atomic mass is 10.2. The Bertz CT molecular complexity index is 1150. The number of hydrogen-bond acceptors (Lipinski definition) is 7. The van der Waals surface area contributed by atoms with Gasteiger partial charge in [-0.15, -0.1) is 0 Å². The summed E-state index contributed by atoms with van der Waals surface area (Å²) in [7, 11) is -7.86. The molecule has 1 aromatic heterocycles. The van der Waals surface area contributed by atoms with Crippen molar-refractivity contribution in [3.8, 4) is 0 Å². The van der Waals surface area contributed by atoms with Gasteiger partial charge < -0.3 is 5.32 Å². The second kappa shape index (κ2) is 7.41. The summed E-state index contributed by atoms with van der Waals surface area (Å²) < 4.78 is 51.5. The largest absolute Gasteiger partial charge is 0.375 e. The maximum atomic E-state index is 13.0. The Hall–Kier alpha value is -2.23. The van der Waals surface area contributed by atoms with Crippen molar-refractivity contribution in [2.24, 2.45) is 0 Å². The van der Waals surface area contributed by atoms with E-state index < -0.39 is 19.7 Å². The highest BCUT2D eigenvalue weighted by Crippen LogP contribution is 2.36. The van der Waals surface area contributed by atoms with Crippen LogP contribution in [0.5, 0.6) is 0 Å². The molecule has 3 rings (SSSR count). The summed E-state index contributed by atoms with van der Waals surface area (Å²) in [5.74, 6) is 0. The van der Waals surface area contributed by atoms with Crippen LogP contribution in [0.15, 0.2) is 73.8 Å². The van der Waals surface area contributed by atoms with E-state index in [9.17, 15) is 16.8 Å². The predicted molar refractivity (Wildman–Crippen MR) is 105 cm³/mol. The van der Waals surface area contributed by atoms with E-state index in [1.165, 1.54) is 24.3 Å². The van der Waals surface area contributed by atoms with Crippen molar-refractivity contribution in [1.82, 2.24) is 4.98 Å². The fourth-order valence-electron chi connectivity index (χ4n) is 2.39. The molecule has 142 valence electrons. The zero-order chi connectivity index (χ0) is 19.7. The highest BCUT2D eigenvalue weighted by molar-refractivity contribution is 7.94. The lowest BCUT2D eigenvalue weighted by molar-refractivity contribution is 0.589. The molecule has 1 N–H and O–H groups in total. The molecule has 2 aromatic carbocycles. The fourth-order valence-corrected chi connectivity index (χ4v) is 6.77. The first-order valence-corrected chi connectivity index (χ1v) is 11.9. The summed E-state index contributed by atoms with van der Waals surface area (Å²) in [6, 6.07) is 14.2. The SMILES string of the molecule is CCNc1sc(S(=O)(=O)c2ccccc2)nc1S(=O)(=O)c1ccc(C)cc1. The number of aromatic nitrogens is 1. The number of hydrogen-bond donors (Lipinski definition) is 1. The third kappa shape index (κ3) is 3.76. The van der Waals surface area contributed by atoms with E-state index >= 15 is 0 Å². The molecule has 1 heterocycles. The topological polar surface area (TPSA) is 93.2 Å². The fraction of sp³-hybridized carbons (Fsp3) is 0.167. The van der Waals surface area contributed by atoms with Crippen LogP contribution in [0, 0.1) is 6.92 Å². The van der Waals surface area contributed by atoms with Gasteiger partial charge in [-0.1, -0.05) is 47.2 Å². The normalized spacial score (nSPS) is 12.1. The van der Waals surface area contributed by atoms with Gasteiger partial charge in [-0.3, -0.25) is 0 Å². The van der Waals surface area contributed by atoms with Crippen LogP contribution in [0.2, 0.25) is 0 Å². The molecule has 0 aliphatic heterocycles. The number of nitrogens with one attached hydrogen (secondary N) is 1. The van der Waals surface area contributed by atoms with Crippen LogP contribution in [0.1, 0.15) is 12.5 Å². The third-order valence-electron chi connectivity index (χ3n) is 3.78. The van der Waals surface area contributed by atoms with Crippen molar-refractivity contribution in [2.45, 2.75) is 33.0 Å². The molecular formula is C18H18N2O4S3. The van der Waals surface area contributed by atoms with E-state index in [0.717, 1.165) is 16.9 Å².